The van der Waals surface area contributed by atoms with E-state index in [4.69, 9.17) is 21.1 Å². The molecule has 136 valence electrons. The summed E-state index contributed by atoms with van der Waals surface area (Å²) in [6, 6.07) is 11.3. The van der Waals surface area contributed by atoms with Crippen molar-refractivity contribution in [1.82, 2.24) is 5.32 Å². The molecule has 0 radical (unpaired) electrons. The van der Waals surface area contributed by atoms with Gasteiger partial charge in [0.1, 0.15) is 0 Å². The highest BCUT2D eigenvalue weighted by atomic mass is 35.5. The normalized spacial score (nSPS) is 10.6. The number of nitrogens with one attached hydrogen (secondary N) is 1. The van der Waals surface area contributed by atoms with Gasteiger partial charge in [-0.15, -0.1) is 0 Å². The predicted octanol–water partition coefficient (Wildman–Crippen LogP) is 3.36. The number of rotatable bonds is 7. The molecule has 2 aromatic rings. The van der Waals surface area contributed by atoms with Gasteiger partial charge in [-0.1, -0.05) is 35.9 Å². The van der Waals surface area contributed by atoms with Gasteiger partial charge in [0, 0.05) is 17.6 Å². The third-order valence-electron chi connectivity index (χ3n) is 3.37. The molecule has 0 aliphatic carbocycles. The van der Waals surface area contributed by atoms with Crippen molar-refractivity contribution in [3.8, 4) is 5.75 Å². The summed E-state index contributed by atoms with van der Waals surface area (Å²) in [6.07, 6.45) is 2.50. The topological polar surface area (TPSA) is 64.6 Å². The minimum absolute atomic E-state index is 0.111. The second-order valence-electron chi connectivity index (χ2n) is 5.20. The molecule has 0 fully saturated rings. The molecule has 26 heavy (non-hydrogen) atoms. The van der Waals surface area contributed by atoms with Crippen molar-refractivity contribution in [3.63, 3.8) is 0 Å². The van der Waals surface area contributed by atoms with Gasteiger partial charge in [0.05, 0.1) is 7.11 Å². The molecule has 0 saturated carbocycles. The van der Waals surface area contributed by atoms with Gasteiger partial charge in [-0.25, -0.2) is 9.18 Å². The summed E-state index contributed by atoms with van der Waals surface area (Å²) in [5.41, 5.74) is 1.22. The number of ether oxygens (including phenoxy) is 2. The van der Waals surface area contributed by atoms with Crippen LogP contribution in [0, 0.1) is 5.82 Å². The van der Waals surface area contributed by atoms with Crippen LogP contribution in [0.1, 0.15) is 11.1 Å². The number of methoxy groups -OCH3 is 1. The van der Waals surface area contributed by atoms with Crippen LogP contribution in [0.5, 0.6) is 5.75 Å². The summed E-state index contributed by atoms with van der Waals surface area (Å²) in [4.78, 5) is 23.3. The minimum Gasteiger partial charge on any atom is -0.494 e. The van der Waals surface area contributed by atoms with Crippen molar-refractivity contribution in [2.75, 3.05) is 13.7 Å². The third-order valence-corrected chi connectivity index (χ3v) is 3.74. The molecule has 0 spiro atoms. The van der Waals surface area contributed by atoms with Gasteiger partial charge in [-0.05, 0) is 35.4 Å². The molecule has 7 heteroatoms. The highest BCUT2D eigenvalue weighted by Gasteiger charge is 2.07. The zero-order chi connectivity index (χ0) is 18.9. The number of amides is 1. The number of esters is 1. The van der Waals surface area contributed by atoms with Gasteiger partial charge in [0.25, 0.3) is 5.91 Å². The molecule has 0 atom stereocenters. The largest absolute Gasteiger partial charge is 0.494 e. The van der Waals surface area contributed by atoms with E-state index in [1.807, 2.05) is 0 Å². The maximum absolute atomic E-state index is 13.5. The SMILES string of the molecule is COc1ccc(/C=C/C(=O)OCC(=O)NCc2ccccc2Cl)cc1F. The van der Waals surface area contributed by atoms with Crippen LogP contribution in [-0.4, -0.2) is 25.6 Å². The lowest BCUT2D eigenvalue weighted by molar-refractivity contribution is -0.143. The molecular formula is C19H17ClFNO4. The molecule has 0 aliphatic rings. The van der Waals surface area contributed by atoms with Crippen LogP contribution < -0.4 is 10.1 Å². The molecule has 0 saturated heterocycles. The number of benzene rings is 2. The second-order valence-corrected chi connectivity index (χ2v) is 5.61. The monoisotopic (exact) mass is 377 g/mol. The third kappa shape index (κ3) is 5.89. The number of halogens is 2. The zero-order valence-electron chi connectivity index (χ0n) is 14.0. The summed E-state index contributed by atoms with van der Waals surface area (Å²) in [7, 11) is 1.36. The Balaban J connectivity index is 1.78. The molecule has 1 amide bonds. The summed E-state index contributed by atoms with van der Waals surface area (Å²) >= 11 is 5.98. The first kappa shape index (κ1) is 19.5. The highest BCUT2D eigenvalue weighted by molar-refractivity contribution is 6.31. The van der Waals surface area contributed by atoms with Gasteiger partial charge in [0.15, 0.2) is 18.2 Å². The molecule has 2 aromatic carbocycles. The van der Waals surface area contributed by atoms with E-state index in [9.17, 15) is 14.0 Å². The first-order valence-electron chi connectivity index (χ1n) is 7.68. The van der Waals surface area contributed by atoms with E-state index in [-0.39, 0.29) is 12.3 Å². The first-order valence-corrected chi connectivity index (χ1v) is 8.06. The molecule has 0 heterocycles. The Labute approximate surface area is 155 Å². The average molecular weight is 378 g/mol. The minimum atomic E-state index is -0.714. The summed E-state index contributed by atoms with van der Waals surface area (Å²) < 4.78 is 23.2. The number of carbonyl (C=O) groups excluding carboxylic acids is 2. The van der Waals surface area contributed by atoms with Crippen molar-refractivity contribution >= 4 is 29.6 Å². The fourth-order valence-electron chi connectivity index (χ4n) is 2.02. The van der Waals surface area contributed by atoms with Crippen molar-refractivity contribution < 1.29 is 23.5 Å². The van der Waals surface area contributed by atoms with Crippen molar-refractivity contribution in [2.24, 2.45) is 0 Å². The molecule has 2 rings (SSSR count). The molecule has 0 aromatic heterocycles. The smallest absolute Gasteiger partial charge is 0.331 e. The molecule has 5 nitrogen and oxygen atoms in total. The average Bonchev–Trinajstić information content (AvgIpc) is 2.64. The summed E-state index contributed by atoms with van der Waals surface area (Å²) in [5.74, 6) is -1.60. The number of carbonyl (C=O) groups is 2. The Kier molecular flexibility index (Phi) is 7.17. The molecule has 0 aliphatic heterocycles. The standard InChI is InChI=1S/C19H17ClFNO4/c1-25-17-8-6-13(10-16(17)21)7-9-19(24)26-12-18(23)22-11-14-4-2-3-5-15(14)20/h2-10H,11-12H2,1H3,(H,22,23)/b9-7+. The van der Waals surface area contributed by atoms with Crippen molar-refractivity contribution in [2.45, 2.75) is 6.54 Å². The van der Waals surface area contributed by atoms with E-state index in [1.165, 1.54) is 25.3 Å². The van der Waals surface area contributed by atoms with E-state index < -0.39 is 24.3 Å². The van der Waals surface area contributed by atoms with E-state index in [0.29, 0.717) is 10.6 Å². The predicted molar refractivity (Wildman–Crippen MR) is 96.2 cm³/mol. The lowest BCUT2D eigenvalue weighted by atomic mass is 10.2. The van der Waals surface area contributed by atoms with Crippen LogP contribution >= 0.6 is 11.6 Å². The maximum atomic E-state index is 13.5. The van der Waals surface area contributed by atoms with Crippen LogP contribution in [0.15, 0.2) is 48.5 Å². The van der Waals surface area contributed by atoms with E-state index in [0.717, 1.165) is 11.6 Å². The lowest BCUT2D eigenvalue weighted by Gasteiger charge is -2.07. The Hall–Kier alpha value is -2.86. The van der Waals surface area contributed by atoms with Gasteiger partial charge in [-0.2, -0.15) is 0 Å². The summed E-state index contributed by atoms with van der Waals surface area (Å²) in [6.45, 7) is -0.193. The van der Waals surface area contributed by atoms with E-state index >= 15 is 0 Å². The van der Waals surface area contributed by atoms with Crippen LogP contribution in [0.25, 0.3) is 6.08 Å². The Morgan fingerprint density at radius 2 is 2.00 bits per heavy atom. The van der Waals surface area contributed by atoms with Crippen LogP contribution in [0.4, 0.5) is 4.39 Å². The van der Waals surface area contributed by atoms with E-state index in [2.05, 4.69) is 5.32 Å². The van der Waals surface area contributed by atoms with Gasteiger partial charge in [0.2, 0.25) is 0 Å². The lowest BCUT2D eigenvalue weighted by Crippen LogP contribution is -2.28. The summed E-state index contributed by atoms with van der Waals surface area (Å²) in [5, 5.41) is 3.14. The van der Waals surface area contributed by atoms with Gasteiger partial charge >= 0.3 is 5.97 Å². The Morgan fingerprint density at radius 1 is 1.23 bits per heavy atom. The van der Waals surface area contributed by atoms with Crippen LogP contribution in [0.3, 0.4) is 0 Å². The number of hydrogen-bond donors (Lipinski definition) is 1. The highest BCUT2D eigenvalue weighted by Crippen LogP contribution is 2.18. The Bertz CT molecular complexity index is 823. The van der Waals surface area contributed by atoms with Crippen LogP contribution in [-0.2, 0) is 20.9 Å². The fourth-order valence-corrected chi connectivity index (χ4v) is 2.22. The van der Waals surface area contributed by atoms with Crippen molar-refractivity contribution in [1.29, 1.82) is 0 Å². The fraction of sp³-hybridized carbons (Fsp3) is 0.158. The van der Waals surface area contributed by atoms with Gasteiger partial charge < -0.3 is 14.8 Å². The molecule has 1 N–H and O–H groups in total. The molecular weight excluding hydrogens is 361 g/mol. The van der Waals surface area contributed by atoms with Crippen molar-refractivity contribution in [3.05, 3.63) is 70.5 Å². The van der Waals surface area contributed by atoms with Crippen LogP contribution in [0.2, 0.25) is 5.02 Å². The van der Waals surface area contributed by atoms with Gasteiger partial charge in [-0.3, -0.25) is 4.79 Å². The molecule has 0 bridgehead atoms. The number of hydrogen-bond acceptors (Lipinski definition) is 4. The maximum Gasteiger partial charge on any atom is 0.331 e. The zero-order valence-corrected chi connectivity index (χ0v) is 14.8. The second kappa shape index (κ2) is 9.58. The van der Waals surface area contributed by atoms with E-state index in [1.54, 1.807) is 30.3 Å². The first-order chi connectivity index (χ1) is 12.5. The Morgan fingerprint density at radius 3 is 2.69 bits per heavy atom. The quantitative estimate of drug-likeness (QED) is 0.593. The molecule has 0 unspecified atom stereocenters.